The van der Waals surface area contributed by atoms with E-state index in [4.69, 9.17) is 4.74 Å². The van der Waals surface area contributed by atoms with Crippen molar-refractivity contribution in [3.63, 3.8) is 0 Å². The maximum absolute atomic E-state index is 13.5. The Morgan fingerprint density at radius 3 is 0.831 bits per heavy atom. The molecule has 4 aromatic carbocycles. The number of amides is 6. The molecule has 6 rings (SSSR count). The minimum absolute atomic E-state index is 0.101. The molecule has 0 aliphatic carbocycles. The molecule has 2 aliphatic rings. The van der Waals surface area contributed by atoms with Crippen LogP contribution in [0.2, 0.25) is 0 Å². The van der Waals surface area contributed by atoms with Crippen LogP contribution in [-0.2, 0) is 59.2 Å². The van der Waals surface area contributed by atoms with Crippen LogP contribution in [0.3, 0.4) is 0 Å². The first-order valence-electron chi connectivity index (χ1n) is 21.5. The summed E-state index contributed by atoms with van der Waals surface area (Å²) in [6, 6.07) is 23.4. The van der Waals surface area contributed by atoms with Gasteiger partial charge in [0.15, 0.2) is 0 Å². The molecule has 0 spiro atoms. The minimum atomic E-state index is -0.915. The largest absolute Gasteiger partial charge is 0.362 e. The number of carbonyl (C=O) groups excluding carboxylic acids is 6. The van der Waals surface area contributed by atoms with E-state index in [-0.39, 0.29) is 75.6 Å². The summed E-state index contributed by atoms with van der Waals surface area (Å²) >= 11 is 0. The fourth-order valence-electron chi connectivity index (χ4n) is 7.93. The Morgan fingerprint density at radius 2 is 0.615 bits per heavy atom. The Bertz CT molecular complexity index is 1960. The molecule has 2 aliphatic heterocycles. The first-order chi connectivity index (χ1) is 31.3. The lowest BCUT2D eigenvalue weighted by Gasteiger charge is -2.18. The molecule has 0 bridgehead atoms. The maximum atomic E-state index is 13.5. The molecule has 0 aromatic heterocycles. The molecular formula is C48H52F4N6O7. The normalized spacial score (nSPS) is 18.0. The minimum Gasteiger partial charge on any atom is -0.362 e. The number of carbonyl (C=O) groups is 6. The van der Waals surface area contributed by atoms with E-state index in [1.165, 1.54) is 58.3 Å². The van der Waals surface area contributed by atoms with Crippen molar-refractivity contribution in [3.8, 4) is 0 Å². The summed E-state index contributed by atoms with van der Waals surface area (Å²) in [6.45, 7) is -0.714. The summed E-state index contributed by atoms with van der Waals surface area (Å²) in [5.74, 6) is -8.14. The lowest BCUT2D eigenvalue weighted by molar-refractivity contribution is -0.141. The van der Waals surface area contributed by atoms with Crippen LogP contribution in [0.4, 0.5) is 17.6 Å². The van der Waals surface area contributed by atoms with E-state index >= 15 is 0 Å². The highest BCUT2D eigenvalue weighted by Crippen LogP contribution is 2.26. The van der Waals surface area contributed by atoms with Crippen LogP contribution >= 0.6 is 0 Å². The van der Waals surface area contributed by atoms with Crippen molar-refractivity contribution in [3.05, 3.63) is 143 Å². The van der Waals surface area contributed by atoms with Crippen LogP contribution in [0.1, 0.15) is 22.3 Å². The van der Waals surface area contributed by atoms with Gasteiger partial charge in [-0.15, -0.1) is 0 Å². The highest BCUT2D eigenvalue weighted by Gasteiger charge is 2.45. The van der Waals surface area contributed by atoms with Gasteiger partial charge >= 0.3 is 0 Å². The third kappa shape index (κ3) is 14.2. The van der Waals surface area contributed by atoms with Crippen LogP contribution in [0.25, 0.3) is 0 Å². The fraction of sp³-hybridized carbons (Fsp3) is 0.375. The lowest BCUT2D eigenvalue weighted by atomic mass is 9.94. The summed E-state index contributed by atoms with van der Waals surface area (Å²) in [7, 11) is 0. The highest BCUT2D eigenvalue weighted by atomic mass is 19.1. The Balaban J connectivity index is 1.02. The second-order valence-corrected chi connectivity index (χ2v) is 16.2. The van der Waals surface area contributed by atoms with E-state index < -0.39 is 72.3 Å². The van der Waals surface area contributed by atoms with E-state index in [9.17, 15) is 46.3 Å². The number of hydrogen-bond donors (Lipinski definition) is 4. The average Bonchev–Trinajstić information content (AvgIpc) is 3.96. The Kier molecular flexibility index (Phi) is 17.2. The van der Waals surface area contributed by atoms with E-state index in [1.807, 2.05) is 0 Å². The molecule has 65 heavy (non-hydrogen) atoms. The first-order valence-corrected chi connectivity index (χ1v) is 21.5. The second kappa shape index (κ2) is 23.4. The van der Waals surface area contributed by atoms with Gasteiger partial charge in [-0.25, -0.2) is 17.6 Å². The predicted octanol–water partition coefficient (Wildman–Crippen LogP) is 3.14. The molecule has 4 N–H and O–H groups in total. The van der Waals surface area contributed by atoms with Gasteiger partial charge in [0, 0.05) is 52.4 Å². The molecule has 2 saturated heterocycles. The zero-order valence-electron chi connectivity index (χ0n) is 35.7. The molecule has 4 atom stereocenters. The van der Waals surface area contributed by atoms with Gasteiger partial charge < -0.3 is 35.8 Å². The Morgan fingerprint density at radius 1 is 0.400 bits per heavy atom. The van der Waals surface area contributed by atoms with Gasteiger partial charge in [0.2, 0.25) is 35.4 Å². The predicted molar refractivity (Wildman–Crippen MR) is 230 cm³/mol. The van der Waals surface area contributed by atoms with E-state index in [0.29, 0.717) is 25.7 Å². The number of halogens is 4. The van der Waals surface area contributed by atoms with Gasteiger partial charge in [-0.1, -0.05) is 48.5 Å². The molecule has 4 aromatic rings. The van der Waals surface area contributed by atoms with Gasteiger partial charge in [0.05, 0.1) is 23.7 Å². The highest BCUT2D eigenvalue weighted by molar-refractivity contribution is 5.92. The summed E-state index contributed by atoms with van der Waals surface area (Å²) in [5, 5.41) is 11.3. The number of hydrogen-bond acceptors (Lipinski definition) is 7. The molecule has 0 unspecified atom stereocenters. The van der Waals surface area contributed by atoms with Crippen molar-refractivity contribution in [1.82, 2.24) is 31.1 Å². The topological polar surface area (TPSA) is 166 Å². The van der Waals surface area contributed by atoms with Crippen LogP contribution < -0.4 is 21.3 Å². The number of nitrogens with one attached hydrogen (secondary N) is 4. The van der Waals surface area contributed by atoms with Crippen LogP contribution in [0.15, 0.2) is 97.1 Å². The maximum Gasteiger partial charge on any atom is 0.248 e. The third-order valence-corrected chi connectivity index (χ3v) is 11.6. The number of benzene rings is 4. The molecule has 2 fully saturated rings. The van der Waals surface area contributed by atoms with Gasteiger partial charge in [0.25, 0.3) is 0 Å². The fourth-order valence-corrected chi connectivity index (χ4v) is 7.93. The number of rotatable bonds is 20. The Labute approximate surface area is 374 Å². The SMILES string of the molecule is O=C(NCCc1ccc(F)cc1)[C@@H]1CN(C(=O)COCC(=O)N2C[C@@H](C(=O)NCCc3ccc(F)cc3)[C@H](C(=O)NCCc3ccc(F)cc3)C2)C[C@H]1C(=O)NCCc1ccc(F)cc1. The van der Waals surface area contributed by atoms with Crippen LogP contribution in [0, 0.1) is 46.9 Å². The van der Waals surface area contributed by atoms with Crippen molar-refractivity contribution in [1.29, 1.82) is 0 Å². The van der Waals surface area contributed by atoms with Crippen LogP contribution in [-0.4, -0.2) is 111 Å². The number of likely N-dealkylation sites (tertiary alicyclic amines) is 2. The van der Waals surface area contributed by atoms with E-state index in [0.717, 1.165) is 22.3 Å². The molecular weight excluding hydrogens is 849 g/mol. The van der Waals surface area contributed by atoms with Crippen molar-refractivity contribution >= 4 is 35.4 Å². The van der Waals surface area contributed by atoms with E-state index in [1.54, 1.807) is 48.5 Å². The quantitative estimate of drug-likeness (QED) is 0.0991. The summed E-state index contributed by atoms with van der Waals surface area (Å²) in [6.07, 6.45) is 1.61. The van der Waals surface area contributed by atoms with Crippen molar-refractivity contribution in [2.45, 2.75) is 25.7 Å². The summed E-state index contributed by atoms with van der Waals surface area (Å²) in [4.78, 5) is 83.5. The third-order valence-electron chi connectivity index (χ3n) is 11.6. The summed E-state index contributed by atoms with van der Waals surface area (Å²) in [5.41, 5.74) is 3.17. The van der Waals surface area contributed by atoms with Crippen molar-refractivity contribution < 1.29 is 51.1 Å². The molecule has 13 nitrogen and oxygen atoms in total. The molecule has 0 saturated carbocycles. The smallest absolute Gasteiger partial charge is 0.248 e. The summed E-state index contributed by atoms with van der Waals surface area (Å²) < 4.78 is 59.1. The van der Waals surface area contributed by atoms with Gasteiger partial charge in [-0.3, -0.25) is 28.8 Å². The zero-order chi connectivity index (χ0) is 46.3. The monoisotopic (exact) mass is 900 g/mol. The number of nitrogens with zero attached hydrogens (tertiary/aromatic N) is 2. The standard InChI is InChI=1S/C48H52F4N6O7/c49-35-9-1-31(2-10-35)17-21-53-45(61)39-25-57(26-40(39)46(62)54-22-18-32-3-11-36(50)12-4-32)43(59)29-65-30-44(60)58-27-41(47(63)55-23-19-33-5-13-37(51)14-6-33)42(28-58)48(64)56-24-20-34-7-15-38(52)16-8-34/h1-16,39-42H,17-30H2,(H,53,61)(H,54,62)(H,55,63)(H,56,64)/t39-,40-,41-,42-/m1/s1. The molecule has 0 radical (unpaired) electrons. The van der Waals surface area contributed by atoms with Crippen molar-refractivity contribution in [2.75, 3.05) is 65.6 Å². The molecule has 344 valence electrons. The van der Waals surface area contributed by atoms with Crippen molar-refractivity contribution in [2.24, 2.45) is 23.7 Å². The van der Waals surface area contributed by atoms with Gasteiger partial charge in [-0.2, -0.15) is 0 Å². The second-order valence-electron chi connectivity index (χ2n) is 16.2. The first kappa shape index (κ1) is 47.8. The molecule has 2 heterocycles. The number of ether oxygens (including phenoxy) is 1. The van der Waals surface area contributed by atoms with Gasteiger partial charge in [-0.05, 0) is 96.5 Å². The lowest BCUT2D eigenvalue weighted by Crippen LogP contribution is -2.42. The molecule has 6 amide bonds. The van der Waals surface area contributed by atoms with Crippen LogP contribution in [0.5, 0.6) is 0 Å². The average molecular weight is 901 g/mol. The van der Waals surface area contributed by atoms with Gasteiger partial charge in [0.1, 0.15) is 36.5 Å². The Hall–Kier alpha value is -6.62. The van der Waals surface area contributed by atoms with E-state index in [2.05, 4.69) is 21.3 Å². The molecule has 17 heteroatoms. The zero-order valence-corrected chi connectivity index (χ0v) is 35.7.